The number of aromatic amines is 1. The van der Waals surface area contributed by atoms with Crippen LogP contribution in [0.15, 0.2) is 58.2 Å². The average Bonchev–Trinajstić information content (AvgIpc) is 3.36. The monoisotopic (exact) mass is 484 g/mol. The molecule has 1 saturated heterocycles. The average molecular weight is 485 g/mol. The number of hydrogen-bond acceptors (Lipinski definition) is 6. The summed E-state index contributed by atoms with van der Waals surface area (Å²) in [6.07, 6.45) is 2.18. The lowest BCUT2D eigenvalue weighted by atomic mass is 10.1. The van der Waals surface area contributed by atoms with Crippen LogP contribution >= 0.6 is 0 Å². The zero-order valence-corrected chi connectivity index (χ0v) is 20.1. The highest BCUT2D eigenvalue weighted by Crippen LogP contribution is 2.24. The Bertz CT molecular complexity index is 1360. The number of ether oxygens (including phenoxy) is 2. The van der Waals surface area contributed by atoms with Crippen LogP contribution < -0.4 is 5.56 Å². The standard InChI is InChI=1S/C25H28N2O6S/c1-3-17-9-10-23-19(12-17)13-20(24(28)26-23)15-27(16-21-7-5-11-33-21)34(30,31)22-8-4-6-18(14-22)25(29)32-2/h4,6,8-10,12-14,21H,3,5,7,11,15-16H2,1-2H3,(H,26,28)/t21-/m0/s1. The van der Waals surface area contributed by atoms with E-state index in [2.05, 4.69) is 4.98 Å². The number of pyridine rings is 1. The number of carbonyl (C=O) groups excluding carboxylic acids is 1. The zero-order valence-electron chi connectivity index (χ0n) is 19.2. The van der Waals surface area contributed by atoms with Crippen molar-refractivity contribution in [3.63, 3.8) is 0 Å². The molecule has 0 spiro atoms. The third-order valence-electron chi connectivity index (χ3n) is 6.06. The number of benzene rings is 2. The van der Waals surface area contributed by atoms with Gasteiger partial charge in [0.2, 0.25) is 10.0 Å². The fourth-order valence-electron chi connectivity index (χ4n) is 4.14. The largest absolute Gasteiger partial charge is 0.465 e. The summed E-state index contributed by atoms with van der Waals surface area (Å²) in [7, 11) is -2.80. The van der Waals surface area contributed by atoms with Gasteiger partial charge in [0.15, 0.2) is 0 Å². The van der Waals surface area contributed by atoms with Gasteiger partial charge in [-0.1, -0.05) is 19.1 Å². The number of hydrogen-bond donors (Lipinski definition) is 1. The Balaban J connectivity index is 1.74. The van der Waals surface area contributed by atoms with Gasteiger partial charge in [0, 0.05) is 30.8 Å². The number of nitrogens with zero attached hydrogens (tertiary/aromatic N) is 1. The molecule has 2 heterocycles. The number of esters is 1. The van der Waals surface area contributed by atoms with Crippen molar-refractivity contribution in [1.82, 2.24) is 9.29 Å². The molecular weight excluding hydrogens is 456 g/mol. The molecule has 0 radical (unpaired) electrons. The van der Waals surface area contributed by atoms with Gasteiger partial charge in [0.05, 0.1) is 23.7 Å². The Labute approximate surface area is 198 Å². The van der Waals surface area contributed by atoms with Gasteiger partial charge in [0.1, 0.15) is 0 Å². The summed E-state index contributed by atoms with van der Waals surface area (Å²) >= 11 is 0. The first-order valence-corrected chi connectivity index (χ1v) is 12.7. The highest BCUT2D eigenvalue weighted by atomic mass is 32.2. The highest BCUT2D eigenvalue weighted by Gasteiger charge is 2.30. The van der Waals surface area contributed by atoms with Gasteiger partial charge in [-0.15, -0.1) is 0 Å². The number of aryl methyl sites for hydroxylation is 1. The van der Waals surface area contributed by atoms with E-state index in [-0.39, 0.29) is 35.2 Å². The quantitative estimate of drug-likeness (QED) is 0.492. The van der Waals surface area contributed by atoms with Gasteiger partial charge in [0.25, 0.3) is 5.56 Å². The lowest BCUT2D eigenvalue weighted by Crippen LogP contribution is -2.38. The van der Waals surface area contributed by atoms with Crippen molar-refractivity contribution in [3.8, 4) is 0 Å². The number of sulfonamides is 1. The molecule has 2 aromatic carbocycles. The maximum Gasteiger partial charge on any atom is 0.337 e. The topological polar surface area (TPSA) is 106 Å². The van der Waals surface area contributed by atoms with Crippen LogP contribution in [0.4, 0.5) is 0 Å². The second kappa shape index (κ2) is 10.1. The third-order valence-corrected chi connectivity index (χ3v) is 7.87. The van der Waals surface area contributed by atoms with Crippen molar-refractivity contribution in [1.29, 1.82) is 0 Å². The zero-order chi connectivity index (χ0) is 24.3. The van der Waals surface area contributed by atoms with Gasteiger partial charge >= 0.3 is 5.97 Å². The van der Waals surface area contributed by atoms with Crippen molar-refractivity contribution in [3.05, 3.63) is 75.6 Å². The minimum Gasteiger partial charge on any atom is -0.465 e. The molecule has 3 aromatic rings. The second-order valence-electron chi connectivity index (χ2n) is 8.35. The summed E-state index contributed by atoms with van der Waals surface area (Å²) in [5.41, 5.74) is 1.95. The lowest BCUT2D eigenvalue weighted by molar-refractivity contribution is 0.0600. The normalized spacial score (nSPS) is 16.3. The van der Waals surface area contributed by atoms with Crippen molar-refractivity contribution < 1.29 is 22.7 Å². The van der Waals surface area contributed by atoms with E-state index >= 15 is 0 Å². The second-order valence-corrected chi connectivity index (χ2v) is 10.3. The SMILES string of the molecule is CCc1ccc2[nH]c(=O)c(CN(C[C@@H]3CCCO3)S(=O)(=O)c3cccc(C(=O)OC)c3)cc2c1. The van der Waals surface area contributed by atoms with Crippen LogP contribution in [0, 0.1) is 0 Å². The molecule has 4 rings (SSSR count). The first-order chi connectivity index (χ1) is 16.3. The summed E-state index contributed by atoms with van der Waals surface area (Å²) in [4.78, 5) is 27.6. The molecule has 34 heavy (non-hydrogen) atoms. The summed E-state index contributed by atoms with van der Waals surface area (Å²) < 4.78 is 39.0. The number of fused-ring (bicyclic) bond motifs is 1. The van der Waals surface area contributed by atoms with Crippen molar-refractivity contribution in [2.45, 2.75) is 43.7 Å². The van der Waals surface area contributed by atoms with Crippen LogP contribution in [0.5, 0.6) is 0 Å². The van der Waals surface area contributed by atoms with E-state index < -0.39 is 16.0 Å². The Morgan fingerprint density at radius 3 is 2.74 bits per heavy atom. The van der Waals surface area contributed by atoms with Gasteiger partial charge in [-0.25, -0.2) is 13.2 Å². The molecule has 1 atom stereocenters. The van der Waals surface area contributed by atoms with Gasteiger partial charge in [-0.2, -0.15) is 4.31 Å². The highest BCUT2D eigenvalue weighted by molar-refractivity contribution is 7.89. The fraction of sp³-hybridized carbons (Fsp3) is 0.360. The van der Waals surface area contributed by atoms with E-state index in [1.807, 2.05) is 25.1 Å². The maximum absolute atomic E-state index is 13.7. The van der Waals surface area contributed by atoms with E-state index in [1.165, 1.54) is 35.7 Å². The van der Waals surface area contributed by atoms with Crippen molar-refractivity contribution in [2.75, 3.05) is 20.3 Å². The number of carbonyl (C=O) groups is 1. The van der Waals surface area contributed by atoms with Crippen LogP contribution in [-0.4, -0.2) is 50.0 Å². The predicted molar refractivity (Wildman–Crippen MR) is 128 cm³/mol. The van der Waals surface area contributed by atoms with E-state index in [1.54, 1.807) is 6.07 Å². The van der Waals surface area contributed by atoms with Gasteiger partial charge in [-0.05, 0) is 66.6 Å². The molecule has 8 nitrogen and oxygen atoms in total. The molecule has 1 aliphatic heterocycles. The van der Waals surface area contributed by atoms with Gasteiger partial charge in [-0.3, -0.25) is 4.79 Å². The first kappa shape index (κ1) is 24.1. The van der Waals surface area contributed by atoms with Crippen LogP contribution in [0.25, 0.3) is 10.9 Å². The van der Waals surface area contributed by atoms with E-state index in [9.17, 15) is 18.0 Å². The third kappa shape index (κ3) is 5.06. The van der Waals surface area contributed by atoms with Crippen molar-refractivity contribution >= 4 is 26.9 Å². The predicted octanol–water partition coefficient (Wildman–Crippen LogP) is 3.25. The van der Waals surface area contributed by atoms with E-state index in [0.717, 1.165) is 30.2 Å². The number of H-pyrrole nitrogens is 1. The minimum absolute atomic E-state index is 0.0427. The lowest BCUT2D eigenvalue weighted by Gasteiger charge is -2.25. The van der Waals surface area contributed by atoms with Gasteiger partial charge < -0.3 is 14.5 Å². The molecule has 0 amide bonds. The molecule has 0 unspecified atom stereocenters. The number of nitrogens with one attached hydrogen (secondary N) is 1. The summed E-state index contributed by atoms with van der Waals surface area (Å²) in [5, 5.41) is 0.844. The molecule has 180 valence electrons. The van der Waals surface area contributed by atoms with Crippen LogP contribution in [0.1, 0.15) is 41.3 Å². The van der Waals surface area contributed by atoms with Crippen molar-refractivity contribution in [2.24, 2.45) is 0 Å². The molecule has 9 heteroatoms. The summed E-state index contributed by atoms with van der Waals surface area (Å²) in [5.74, 6) is -0.625. The van der Waals surface area contributed by atoms with E-state index in [0.29, 0.717) is 17.7 Å². The maximum atomic E-state index is 13.7. The van der Waals surface area contributed by atoms with Crippen LogP contribution in [-0.2, 0) is 32.5 Å². The number of methoxy groups -OCH3 is 1. The number of rotatable bonds is 8. The van der Waals surface area contributed by atoms with Crippen LogP contribution in [0.3, 0.4) is 0 Å². The number of aromatic nitrogens is 1. The Hall–Kier alpha value is -3.01. The van der Waals surface area contributed by atoms with Crippen LogP contribution in [0.2, 0.25) is 0 Å². The fourth-order valence-corrected chi connectivity index (χ4v) is 5.64. The minimum atomic E-state index is -4.04. The van der Waals surface area contributed by atoms with E-state index in [4.69, 9.17) is 9.47 Å². The Morgan fingerprint density at radius 1 is 1.21 bits per heavy atom. The summed E-state index contributed by atoms with van der Waals surface area (Å²) in [6, 6.07) is 13.3. The summed E-state index contributed by atoms with van der Waals surface area (Å²) in [6.45, 7) is 2.61. The molecular formula is C25H28N2O6S. The molecule has 1 aromatic heterocycles. The molecule has 1 N–H and O–H groups in total. The smallest absolute Gasteiger partial charge is 0.337 e. The molecule has 1 fully saturated rings. The molecule has 0 aliphatic carbocycles. The Kier molecular flexibility index (Phi) is 7.16. The molecule has 0 saturated carbocycles. The first-order valence-electron chi connectivity index (χ1n) is 11.3. The Morgan fingerprint density at radius 2 is 2.03 bits per heavy atom. The molecule has 0 bridgehead atoms. The molecule has 1 aliphatic rings.